The van der Waals surface area contributed by atoms with Gasteiger partial charge in [0, 0.05) is 16.8 Å². The van der Waals surface area contributed by atoms with E-state index < -0.39 is 15.9 Å². The molecule has 9 heteroatoms. The molecule has 0 aliphatic rings. The normalized spacial score (nSPS) is 11.5. The highest BCUT2D eigenvalue weighted by Gasteiger charge is 2.13. The Morgan fingerprint density at radius 1 is 0.906 bits per heavy atom. The van der Waals surface area contributed by atoms with Crippen LogP contribution in [0.3, 0.4) is 0 Å². The lowest BCUT2D eigenvalue weighted by atomic mass is 10.2. The number of sulfonamides is 1. The van der Waals surface area contributed by atoms with Gasteiger partial charge in [0.2, 0.25) is 0 Å². The molecule has 0 fully saturated rings. The maximum Gasteiger partial charge on any atom is 0.271 e. The van der Waals surface area contributed by atoms with Gasteiger partial charge in [0.05, 0.1) is 16.7 Å². The van der Waals surface area contributed by atoms with E-state index in [1.807, 2.05) is 18.2 Å². The minimum atomic E-state index is -3.72. The van der Waals surface area contributed by atoms with Gasteiger partial charge in [-0.25, -0.2) is 13.8 Å². The second-order valence-corrected chi connectivity index (χ2v) is 8.52. The molecule has 1 aromatic heterocycles. The van der Waals surface area contributed by atoms with Crippen molar-refractivity contribution in [3.63, 3.8) is 0 Å². The van der Waals surface area contributed by atoms with E-state index in [4.69, 9.17) is 0 Å². The summed E-state index contributed by atoms with van der Waals surface area (Å²) in [5.74, 6) is -0.504. The van der Waals surface area contributed by atoms with E-state index in [1.54, 1.807) is 30.3 Å². The number of aromatic amines is 1. The Morgan fingerprint density at radius 2 is 1.59 bits per heavy atom. The number of nitrogens with zero attached hydrogens (tertiary/aromatic N) is 1. The number of hydrazone groups is 1. The lowest BCUT2D eigenvalue weighted by Gasteiger charge is -2.08. The molecule has 32 heavy (non-hydrogen) atoms. The Hall–Kier alpha value is -4.24. The molecule has 3 N–H and O–H groups in total. The Labute approximate surface area is 183 Å². The first-order valence-corrected chi connectivity index (χ1v) is 11.0. The number of pyridine rings is 1. The van der Waals surface area contributed by atoms with Crippen molar-refractivity contribution < 1.29 is 13.2 Å². The molecule has 0 spiro atoms. The monoisotopic (exact) mass is 446 g/mol. The third-order valence-corrected chi connectivity index (χ3v) is 6.00. The molecule has 0 saturated heterocycles. The van der Waals surface area contributed by atoms with Crippen LogP contribution in [0.1, 0.15) is 15.9 Å². The van der Waals surface area contributed by atoms with Crippen molar-refractivity contribution in [1.29, 1.82) is 0 Å². The van der Waals surface area contributed by atoms with Crippen LogP contribution in [0.25, 0.3) is 10.9 Å². The molecule has 0 radical (unpaired) electrons. The van der Waals surface area contributed by atoms with Crippen molar-refractivity contribution in [3.8, 4) is 0 Å². The average molecular weight is 446 g/mol. The molecular weight excluding hydrogens is 428 g/mol. The van der Waals surface area contributed by atoms with Crippen LogP contribution >= 0.6 is 0 Å². The molecule has 1 amide bonds. The molecule has 0 unspecified atom stereocenters. The third kappa shape index (κ3) is 4.73. The summed E-state index contributed by atoms with van der Waals surface area (Å²) in [5.41, 5.74) is 3.63. The highest BCUT2D eigenvalue weighted by molar-refractivity contribution is 7.92. The molecule has 0 saturated carbocycles. The number of amides is 1. The second-order valence-electron chi connectivity index (χ2n) is 6.84. The molecule has 0 aliphatic heterocycles. The number of fused-ring (bicyclic) bond motifs is 1. The number of benzene rings is 3. The van der Waals surface area contributed by atoms with Crippen LogP contribution in [0.2, 0.25) is 0 Å². The number of H-pyrrole nitrogens is 1. The zero-order valence-electron chi connectivity index (χ0n) is 16.6. The summed E-state index contributed by atoms with van der Waals surface area (Å²) in [4.78, 5) is 27.3. The molecule has 0 aliphatic carbocycles. The molecule has 0 atom stereocenters. The third-order valence-electron chi connectivity index (χ3n) is 4.60. The first-order valence-electron chi connectivity index (χ1n) is 9.56. The van der Waals surface area contributed by atoms with E-state index in [1.165, 1.54) is 42.6 Å². The van der Waals surface area contributed by atoms with Crippen molar-refractivity contribution in [2.24, 2.45) is 5.10 Å². The highest BCUT2D eigenvalue weighted by atomic mass is 32.2. The van der Waals surface area contributed by atoms with Crippen LogP contribution in [0.15, 0.2) is 99.7 Å². The highest BCUT2D eigenvalue weighted by Crippen LogP contribution is 2.16. The molecule has 4 rings (SSSR count). The van der Waals surface area contributed by atoms with Crippen LogP contribution in [0, 0.1) is 0 Å². The zero-order valence-corrected chi connectivity index (χ0v) is 17.5. The van der Waals surface area contributed by atoms with Crippen molar-refractivity contribution in [2.45, 2.75) is 4.90 Å². The number of carbonyl (C=O) groups is 1. The summed E-state index contributed by atoms with van der Waals surface area (Å²) in [7, 11) is -3.72. The van der Waals surface area contributed by atoms with Gasteiger partial charge in [-0.3, -0.25) is 14.3 Å². The lowest BCUT2D eigenvalue weighted by Crippen LogP contribution is -2.19. The molecular formula is C23H18N4O4S. The van der Waals surface area contributed by atoms with E-state index in [0.717, 1.165) is 5.39 Å². The van der Waals surface area contributed by atoms with Crippen LogP contribution in [-0.2, 0) is 10.0 Å². The molecule has 160 valence electrons. The number of hydrogen-bond donors (Lipinski definition) is 3. The fourth-order valence-electron chi connectivity index (χ4n) is 2.99. The maximum absolute atomic E-state index is 12.4. The van der Waals surface area contributed by atoms with Gasteiger partial charge in [-0.1, -0.05) is 36.4 Å². The van der Waals surface area contributed by atoms with Crippen molar-refractivity contribution in [2.75, 3.05) is 4.72 Å². The Morgan fingerprint density at radius 3 is 2.34 bits per heavy atom. The van der Waals surface area contributed by atoms with Gasteiger partial charge >= 0.3 is 0 Å². The molecule has 1 heterocycles. The van der Waals surface area contributed by atoms with E-state index >= 15 is 0 Å². The second kappa shape index (κ2) is 8.86. The zero-order chi connectivity index (χ0) is 22.6. The number of nitrogens with one attached hydrogen (secondary N) is 3. The van der Waals surface area contributed by atoms with Gasteiger partial charge in [0.1, 0.15) is 0 Å². The van der Waals surface area contributed by atoms with Crippen molar-refractivity contribution in [1.82, 2.24) is 10.4 Å². The van der Waals surface area contributed by atoms with Gasteiger partial charge in [-0.2, -0.15) is 5.10 Å². The van der Waals surface area contributed by atoms with Crippen LogP contribution < -0.4 is 15.7 Å². The molecule has 8 nitrogen and oxygen atoms in total. The van der Waals surface area contributed by atoms with Crippen LogP contribution in [0.5, 0.6) is 0 Å². The Bertz CT molecular complexity index is 1460. The minimum Gasteiger partial charge on any atom is -0.321 e. The summed E-state index contributed by atoms with van der Waals surface area (Å²) in [5, 5.41) is 4.69. The van der Waals surface area contributed by atoms with E-state index in [0.29, 0.717) is 16.8 Å². The first kappa shape index (κ1) is 21.0. The molecule has 0 bridgehead atoms. The van der Waals surface area contributed by atoms with E-state index in [2.05, 4.69) is 20.2 Å². The van der Waals surface area contributed by atoms with Crippen LogP contribution in [0.4, 0.5) is 5.69 Å². The van der Waals surface area contributed by atoms with Crippen LogP contribution in [-0.4, -0.2) is 25.5 Å². The minimum absolute atomic E-state index is 0.139. The summed E-state index contributed by atoms with van der Waals surface area (Å²) in [6.45, 7) is 0. The molecule has 4 aromatic rings. The number of aromatic nitrogens is 1. The lowest BCUT2D eigenvalue weighted by molar-refractivity contribution is 0.0955. The van der Waals surface area contributed by atoms with Gasteiger partial charge in [-0.15, -0.1) is 0 Å². The quantitative estimate of drug-likeness (QED) is 0.311. The number of hydrogen-bond acceptors (Lipinski definition) is 5. The average Bonchev–Trinajstić information content (AvgIpc) is 2.80. The summed E-state index contributed by atoms with van der Waals surface area (Å²) < 4.78 is 27.2. The first-order chi connectivity index (χ1) is 15.4. The van der Waals surface area contributed by atoms with E-state index in [9.17, 15) is 18.0 Å². The summed E-state index contributed by atoms with van der Waals surface area (Å²) >= 11 is 0. The van der Waals surface area contributed by atoms with Crippen molar-refractivity contribution in [3.05, 3.63) is 106 Å². The standard InChI is InChI=1S/C23H18N4O4S/c28-22-18(14-17-6-4-5-9-21(17)25-22)15-24-26-23(29)16-10-12-19(13-11-16)27-32(30,31)20-7-2-1-3-8-20/h1-15,27H,(H,25,28)(H,26,29). The predicted octanol–water partition coefficient (Wildman–Crippen LogP) is 3.09. The number of anilines is 1. The smallest absolute Gasteiger partial charge is 0.271 e. The van der Waals surface area contributed by atoms with Crippen molar-refractivity contribution >= 4 is 38.7 Å². The number of rotatable bonds is 6. The predicted molar refractivity (Wildman–Crippen MR) is 123 cm³/mol. The van der Waals surface area contributed by atoms with Gasteiger partial charge in [0.15, 0.2) is 0 Å². The van der Waals surface area contributed by atoms with Gasteiger partial charge in [0.25, 0.3) is 21.5 Å². The fraction of sp³-hybridized carbons (Fsp3) is 0. The fourth-order valence-corrected chi connectivity index (χ4v) is 4.07. The topological polar surface area (TPSA) is 120 Å². The number of carbonyl (C=O) groups excluding carboxylic acids is 1. The Balaban J connectivity index is 1.42. The summed E-state index contributed by atoms with van der Waals surface area (Å²) in [6, 6.07) is 22.9. The summed E-state index contributed by atoms with van der Waals surface area (Å²) in [6.07, 6.45) is 1.27. The Kier molecular flexibility index (Phi) is 5.82. The van der Waals surface area contributed by atoms with Gasteiger partial charge in [-0.05, 0) is 53.9 Å². The SMILES string of the molecule is O=C(NN=Cc1cc2ccccc2[nH]c1=O)c1ccc(NS(=O)(=O)c2ccccc2)cc1. The number of para-hydroxylation sites is 1. The van der Waals surface area contributed by atoms with Gasteiger partial charge < -0.3 is 4.98 Å². The molecule has 3 aromatic carbocycles. The van der Waals surface area contributed by atoms with E-state index in [-0.39, 0.29) is 16.0 Å². The maximum atomic E-state index is 12.4. The largest absolute Gasteiger partial charge is 0.321 e.